The van der Waals surface area contributed by atoms with Gasteiger partial charge in [-0.15, -0.1) is 0 Å². The molecule has 0 saturated carbocycles. The first-order chi connectivity index (χ1) is 11.0. The summed E-state index contributed by atoms with van der Waals surface area (Å²) < 4.78 is 13.7. The summed E-state index contributed by atoms with van der Waals surface area (Å²) in [6, 6.07) is 12.7. The molecule has 0 fully saturated rings. The van der Waals surface area contributed by atoms with Crippen LogP contribution in [-0.4, -0.2) is 11.1 Å². The highest BCUT2D eigenvalue weighted by Gasteiger charge is 2.12. The fraction of sp³-hybridized carbons (Fsp3) is 0.250. The number of carboxylic acid groups (broad SMARTS) is 1. The van der Waals surface area contributed by atoms with E-state index < -0.39 is 5.97 Å². The molecule has 0 aliphatic heterocycles. The van der Waals surface area contributed by atoms with Crippen molar-refractivity contribution < 1.29 is 14.3 Å². The highest BCUT2D eigenvalue weighted by Crippen LogP contribution is 2.27. The van der Waals surface area contributed by atoms with Crippen LogP contribution in [0.5, 0.6) is 0 Å². The molecule has 2 rings (SSSR count). The number of carboxylic acids is 1. The van der Waals surface area contributed by atoms with E-state index in [1.54, 1.807) is 12.1 Å². The summed E-state index contributed by atoms with van der Waals surface area (Å²) in [5.74, 6) is -1.17. The van der Waals surface area contributed by atoms with Crippen LogP contribution in [0.4, 0.5) is 4.39 Å². The Balaban J connectivity index is 2.49. The Morgan fingerprint density at radius 2 is 1.83 bits per heavy atom. The average molecular weight is 312 g/mol. The van der Waals surface area contributed by atoms with Crippen molar-refractivity contribution in [3.05, 3.63) is 65.0 Å². The van der Waals surface area contributed by atoms with E-state index in [1.165, 1.54) is 17.7 Å². The van der Waals surface area contributed by atoms with Crippen LogP contribution in [0.2, 0.25) is 0 Å². The standard InChI is InChI=1S/C20H21FO2/c1-3-5-17(21)12-15-8-11-18(20(22)23)19(13-15)16-9-6-14(4-2)7-10-16/h6-13H,3-5H2,1-2H3,(H,22,23). The minimum Gasteiger partial charge on any atom is -0.478 e. The Bertz CT molecular complexity index is 715. The normalized spacial score (nSPS) is 11.5. The summed E-state index contributed by atoms with van der Waals surface area (Å²) in [7, 11) is 0. The predicted octanol–water partition coefficient (Wildman–Crippen LogP) is 5.72. The summed E-state index contributed by atoms with van der Waals surface area (Å²) in [4.78, 5) is 11.5. The summed E-state index contributed by atoms with van der Waals surface area (Å²) >= 11 is 0. The number of rotatable bonds is 6. The monoisotopic (exact) mass is 312 g/mol. The number of aromatic carboxylic acids is 1. The fourth-order valence-corrected chi connectivity index (χ4v) is 2.49. The van der Waals surface area contributed by atoms with Crippen LogP contribution in [0.1, 0.15) is 48.2 Å². The van der Waals surface area contributed by atoms with Gasteiger partial charge in [0.15, 0.2) is 0 Å². The molecule has 120 valence electrons. The van der Waals surface area contributed by atoms with Gasteiger partial charge in [-0.2, -0.15) is 0 Å². The van der Waals surface area contributed by atoms with E-state index in [9.17, 15) is 14.3 Å². The zero-order valence-electron chi connectivity index (χ0n) is 13.5. The maximum absolute atomic E-state index is 13.7. The molecule has 0 radical (unpaired) electrons. The van der Waals surface area contributed by atoms with E-state index in [2.05, 4.69) is 6.92 Å². The summed E-state index contributed by atoms with van der Waals surface area (Å²) in [5.41, 5.74) is 3.53. The molecule has 2 aromatic rings. The van der Waals surface area contributed by atoms with Crippen LogP contribution in [0.15, 0.2) is 48.3 Å². The van der Waals surface area contributed by atoms with Crippen LogP contribution in [-0.2, 0) is 6.42 Å². The van der Waals surface area contributed by atoms with Gasteiger partial charge >= 0.3 is 5.97 Å². The maximum Gasteiger partial charge on any atom is 0.336 e. The van der Waals surface area contributed by atoms with E-state index in [4.69, 9.17) is 0 Å². The van der Waals surface area contributed by atoms with Gasteiger partial charge in [-0.1, -0.05) is 44.2 Å². The van der Waals surface area contributed by atoms with Crippen molar-refractivity contribution in [1.82, 2.24) is 0 Å². The average Bonchev–Trinajstić information content (AvgIpc) is 2.55. The number of halogens is 1. The highest BCUT2D eigenvalue weighted by molar-refractivity contribution is 5.96. The van der Waals surface area contributed by atoms with E-state index in [0.29, 0.717) is 17.5 Å². The molecule has 2 aromatic carbocycles. The van der Waals surface area contributed by atoms with Gasteiger partial charge in [-0.25, -0.2) is 9.18 Å². The van der Waals surface area contributed by atoms with E-state index in [-0.39, 0.29) is 11.4 Å². The van der Waals surface area contributed by atoms with Crippen LogP contribution in [0.3, 0.4) is 0 Å². The van der Waals surface area contributed by atoms with Crippen molar-refractivity contribution >= 4 is 12.0 Å². The Hall–Kier alpha value is -2.42. The lowest BCUT2D eigenvalue weighted by Gasteiger charge is -2.09. The first kappa shape index (κ1) is 16.9. The third-order valence-corrected chi connectivity index (χ3v) is 3.76. The molecule has 0 unspecified atom stereocenters. The Labute approximate surface area is 136 Å². The number of carbonyl (C=O) groups is 1. The molecule has 0 aromatic heterocycles. The second-order valence-corrected chi connectivity index (χ2v) is 5.50. The largest absolute Gasteiger partial charge is 0.478 e. The lowest BCUT2D eigenvalue weighted by Crippen LogP contribution is -2.00. The quantitative estimate of drug-likeness (QED) is 0.740. The van der Waals surface area contributed by atoms with Gasteiger partial charge in [-0.3, -0.25) is 0 Å². The highest BCUT2D eigenvalue weighted by atomic mass is 19.1. The van der Waals surface area contributed by atoms with Gasteiger partial charge in [0.05, 0.1) is 5.56 Å². The van der Waals surface area contributed by atoms with Crippen LogP contribution < -0.4 is 0 Å². The molecule has 0 spiro atoms. The summed E-state index contributed by atoms with van der Waals surface area (Å²) in [5, 5.41) is 9.40. The third-order valence-electron chi connectivity index (χ3n) is 3.76. The maximum atomic E-state index is 13.7. The van der Waals surface area contributed by atoms with Crippen molar-refractivity contribution in [3.63, 3.8) is 0 Å². The van der Waals surface area contributed by atoms with Gasteiger partial charge < -0.3 is 5.11 Å². The number of benzene rings is 2. The van der Waals surface area contributed by atoms with E-state index in [1.807, 2.05) is 31.2 Å². The molecule has 3 heteroatoms. The Kier molecular flexibility index (Phi) is 5.69. The van der Waals surface area contributed by atoms with Gasteiger partial charge in [0, 0.05) is 0 Å². The second-order valence-electron chi connectivity index (χ2n) is 5.50. The fourth-order valence-electron chi connectivity index (χ4n) is 2.49. The van der Waals surface area contributed by atoms with E-state index in [0.717, 1.165) is 18.4 Å². The number of hydrogen-bond donors (Lipinski definition) is 1. The first-order valence-corrected chi connectivity index (χ1v) is 7.87. The van der Waals surface area contributed by atoms with Crippen LogP contribution >= 0.6 is 0 Å². The van der Waals surface area contributed by atoms with Gasteiger partial charge in [0.25, 0.3) is 0 Å². The van der Waals surface area contributed by atoms with Crippen LogP contribution in [0, 0.1) is 0 Å². The molecule has 0 bridgehead atoms. The zero-order chi connectivity index (χ0) is 16.8. The Morgan fingerprint density at radius 1 is 1.13 bits per heavy atom. The minimum absolute atomic E-state index is 0.192. The van der Waals surface area contributed by atoms with Crippen molar-refractivity contribution in [2.75, 3.05) is 0 Å². The molecule has 0 heterocycles. The predicted molar refractivity (Wildman–Crippen MR) is 92.2 cm³/mol. The van der Waals surface area contributed by atoms with Gasteiger partial charge in [-0.05, 0) is 59.7 Å². The molecule has 0 aliphatic carbocycles. The molecule has 0 aliphatic rings. The zero-order valence-corrected chi connectivity index (χ0v) is 13.5. The topological polar surface area (TPSA) is 37.3 Å². The van der Waals surface area contributed by atoms with Crippen molar-refractivity contribution in [2.45, 2.75) is 33.1 Å². The van der Waals surface area contributed by atoms with Gasteiger partial charge in [0.2, 0.25) is 0 Å². The number of aryl methyl sites for hydroxylation is 1. The lowest BCUT2D eigenvalue weighted by molar-refractivity contribution is 0.0697. The van der Waals surface area contributed by atoms with Crippen molar-refractivity contribution in [1.29, 1.82) is 0 Å². The molecule has 0 saturated heterocycles. The van der Waals surface area contributed by atoms with Crippen LogP contribution in [0.25, 0.3) is 17.2 Å². The summed E-state index contributed by atoms with van der Waals surface area (Å²) in [6.07, 6.45) is 3.53. The third kappa shape index (κ3) is 4.28. The molecule has 0 atom stereocenters. The molecule has 0 amide bonds. The molecular weight excluding hydrogens is 291 g/mol. The van der Waals surface area contributed by atoms with E-state index >= 15 is 0 Å². The number of hydrogen-bond acceptors (Lipinski definition) is 1. The summed E-state index contributed by atoms with van der Waals surface area (Å²) in [6.45, 7) is 3.99. The molecule has 1 N–H and O–H groups in total. The van der Waals surface area contributed by atoms with Crippen molar-refractivity contribution in [3.8, 4) is 11.1 Å². The van der Waals surface area contributed by atoms with Gasteiger partial charge in [0.1, 0.15) is 5.83 Å². The van der Waals surface area contributed by atoms with Crippen molar-refractivity contribution in [2.24, 2.45) is 0 Å². The lowest BCUT2D eigenvalue weighted by atomic mass is 9.96. The number of allylic oxidation sites excluding steroid dienone is 1. The Morgan fingerprint density at radius 3 is 2.39 bits per heavy atom. The minimum atomic E-state index is -0.982. The second kappa shape index (κ2) is 7.73. The molecular formula is C20H21FO2. The molecule has 2 nitrogen and oxygen atoms in total. The molecule has 23 heavy (non-hydrogen) atoms. The first-order valence-electron chi connectivity index (χ1n) is 7.87. The SMILES string of the molecule is CCCC(F)=Cc1ccc(C(=O)O)c(-c2ccc(CC)cc2)c1. The smallest absolute Gasteiger partial charge is 0.336 e.